The number of carbonyl (C=O) groups is 2. The zero-order valence-electron chi connectivity index (χ0n) is 17.6. The normalized spacial score (nSPS) is 15.8. The molecule has 0 atom stereocenters. The van der Waals surface area contributed by atoms with Crippen LogP contribution in [0.4, 0.5) is 4.39 Å². The third-order valence-corrected chi connectivity index (χ3v) is 5.37. The van der Waals surface area contributed by atoms with Gasteiger partial charge in [-0.15, -0.1) is 0 Å². The van der Waals surface area contributed by atoms with Gasteiger partial charge in [-0.1, -0.05) is 18.2 Å². The smallest absolute Gasteiger partial charge is 0.237 e. The van der Waals surface area contributed by atoms with Crippen molar-refractivity contribution < 1.29 is 14.0 Å². The maximum atomic E-state index is 13.6. The Morgan fingerprint density at radius 2 is 1.75 bits per heavy atom. The highest BCUT2D eigenvalue weighted by Gasteiger charge is 2.28. The second-order valence-corrected chi connectivity index (χ2v) is 8.17. The number of carbonyl (C=O) groups excluding carboxylic acids is 2. The van der Waals surface area contributed by atoms with E-state index >= 15 is 0 Å². The van der Waals surface area contributed by atoms with Crippen LogP contribution < -0.4 is 5.32 Å². The fraction of sp³-hybridized carbons (Fsp3) is 0.636. The highest BCUT2D eigenvalue weighted by atomic mass is 19.1. The first-order chi connectivity index (χ1) is 13.3. The van der Waals surface area contributed by atoms with Crippen molar-refractivity contribution in [1.82, 2.24) is 15.1 Å². The molecule has 0 aromatic heterocycles. The van der Waals surface area contributed by atoms with Crippen LogP contribution in [-0.2, 0) is 16.0 Å². The summed E-state index contributed by atoms with van der Waals surface area (Å²) >= 11 is 0. The van der Waals surface area contributed by atoms with Crippen molar-refractivity contribution in [3.05, 3.63) is 35.6 Å². The van der Waals surface area contributed by atoms with Crippen LogP contribution in [0.25, 0.3) is 0 Å². The molecule has 0 aliphatic carbocycles. The summed E-state index contributed by atoms with van der Waals surface area (Å²) in [4.78, 5) is 29.0. The summed E-state index contributed by atoms with van der Waals surface area (Å²) in [5, 5.41) is 2.93. The first-order valence-electron chi connectivity index (χ1n) is 10.3. The molecule has 6 heteroatoms. The SMILES string of the molecule is CC(C)N(C(=O)CN1CCC(C(=O)NCCc2ccccc2F)CC1)C(C)C. The molecule has 1 heterocycles. The Morgan fingerprint density at radius 1 is 1.14 bits per heavy atom. The number of hydrogen-bond donors (Lipinski definition) is 1. The molecule has 28 heavy (non-hydrogen) atoms. The second kappa shape index (κ2) is 10.6. The van der Waals surface area contributed by atoms with E-state index in [9.17, 15) is 14.0 Å². The monoisotopic (exact) mass is 391 g/mol. The third kappa shape index (κ3) is 6.30. The van der Waals surface area contributed by atoms with Crippen LogP contribution in [0.2, 0.25) is 0 Å². The van der Waals surface area contributed by atoms with Crippen molar-refractivity contribution >= 4 is 11.8 Å². The molecule has 2 rings (SSSR count). The summed E-state index contributed by atoms with van der Waals surface area (Å²) in [6.45, 7) is 10.5. The van der Waals surface area contributed by atoms with Gasteiger partial charge in [-0.3, -0.25) is 14.5 Å². The van der Waals surface area contributed by atoms with Crippen molar-refractivity contribution in [2.75, 3.05) is 26.2 Å². The van der Waals surface area contributed by atoms with E-state index < -0.39 is 0 Å². The molecule has 1 saturated heterocycles. The Kier molecular flexibility index (Phi) is 8.42. The molecular formula is C22H34FN3O2. The highest BCUT2D eigenvalue weighted by Crippen LogP contribution is 2.18. The number of rotatable bonds is 8. The quantitative estimate of drug-likeness (QED) is 0.741. The van der Waals surface area contributed by atoms with E-state index in [2.05, 4.69) is 10.2 Å². The van der Waals surface area contributed by atoms with Crippen LogP contribution in [-0.4, -0.2) is 59.9 Å². The predicted octanol–water partition coefficient (Wildman–Crippen LogP) is 2.84. The molecular weight excluding hydrogens is 357 g/mol. The molecule has 1 aliphatic heterocycles. The van der Waals surface area contributed by atoms with Crippen LogP contribution in [0.3, 0.4) is 0 Å². The molecule has 0 saturated carbocycles. The van der Waals surface area contributed by atoms with Crippen molar-refractivity contribution in [3.63, 3.8) is 0 Å². The Balaban J connectivity index is 1.73. The summed E-state index contributed by atoms with van der Waals surface area (Å²) in [7, 11) is 0. The molecule has 1 aromatic carbocycles. The van der Waals surface area contributed by atoms with Crippen LogP contribution in [0.5, 0.6) is 0 Å². The standard InChI is InChI=1S/C22H34FN3O2/c1-16(2)26(17(3)4)21(27)15-25-13-10-19(11-14-25)22(28)24-12-9-18-7-5-6-8-20(18)23/h5-8,16-17,19H,9-15H2,1-4H3,(H,24,28). The summed E-state index contributed by atoms with van der Waals surface area (Å²) in [5.41, 5.74) is 0.621. The van der Waals surface area contributed by atoms with Gasteiger partial charge in [0.25, 0.3) is 0 Å². The van der Waals surface area contributed by atoms with E-state index in [0.29, 0.717) is 25.1 Å². The van der Waals surface area contributed by atoms with Gasteiger partial charge in [0.05, 0.1) is 6.54 Å². The van der Waals surface area contributed by atoms with E-state index in [0.717, 1.165) is 25.9 Å². The molecule has 1 N–H and O–H groups in total. The topological polar surface area (TPSA) is 52.7 Å². The summed E-state index contributed by atoms with van der Waals surface area (Å²) in [6.07, 6.45) is 2.00. The summed E-state index contributed by atoms with van der Waals surface area (Å²) < 4.78 is 13.6. The molecule has 5 nitrogen and oxygen atoms in total. The lowest BCUT2D eigenvalue weighted by Crippen LogP contribution is -2.49. The van der Waals surface area contributed by atoms with E-state index in [1.54, 1.807) is 18.2 Å². The van der Waals surface area contributed by atoms with E-state index in [1.165, 1.54) is 6.07 Å². The van der Waals surface area contributed by atoms with Gasteiger partial charge in [0, 0.05) is 24.5 Å². The molecule has 1 fully saturated rings. The molecule has 0 radical (unpaired) electrons. The molecule has 1 aromatic rings. The Bertz CT molecular complexity index is 647. The van der Waals surface area contributed by atoms with Crippen LogP contribution in [0.15, 0.2) is 24.3 Å². The van der Waals surface area contributed by atoms with Crippen LogP contribution in [0, 0.1) is 11.7 Å². The Morgan fingerprint density at radius 3 is 2.32 bits per heavy atom. The fourth-order valence-electron chi connectivity index (χ4n) is 3.96. The lowest BCUT2D eigenvalue weighted by atomic mass is 9.95. The maximum absolute atomic E-state index is 13.6. The van der Waals surface area contributed by atoms with E-state index in [4.69, 9.17) is 0 Å². The Hall–Kier alpha value is -1.95. The molecule has 156 valence electrons. The van der Waals surface area contributed by atoms with Crippen LogP contribution in [0.1, 0.15) is 46.1 Å². The summed E-state index contributed by atoms with van der Waals surface area (Å²) in [6, 6.07) is 7.02. The Labute approximate surface area is 168 Å². The van der Waals surface area contributed by atoms with Gasteiger partial charge >= 0.3 is 0 Å². The van der Waals surface area contributed by atoms with E-state index in [1.807, 2.05) is 32.6 Å². The number of nitrogens with one attached hydrogen (secondary N) is 1. The number of benzene rings is 1. The lowest BCUT2D eigenvalue weighted by Gasteiger charge is -2.35. The number of likely N-dealkylation sites (tertiary alicyclic amines) is 1. The second-order valence-electron chi connectivity index (χ2n) is 8.17. The minimum Gasteiger partial charge on any atom is -0.356 e. The van der Waals surface area contributed by atoms with Gasteiger partial charge in [0.15, 0.2) is 0 Å². The van der Waals surface area contributed by atoms with Gasteiger partial charge < -0.3 is 10.2 Å². The van der Waals surface area contributed by atoms with Crippen molar-refractivity contribution in [1.29, 1.82) is 0 Å². The minimum atomic E-state index is -0.230. The zero-order valence-corrected chi connectivity index (χ0v) is 17.6. The molecule has 0 spiro atoms. The summed E-state index contributed by atoms with van der Waals surface area (Å²) in [5.74, 6) is -0.0732. The van der Waals surface area contributed by atoms with Crippen molar-refractivity contribution in [2.45, 2.75) is 59.0 Å². The van der Waals surface area contributed by atoms with E-state index in [-0.39, 0.29) is 35.6 Å². The molecule has 2 amide bonds. The van der Waals surface area contributed by atoms with Gasteiger partial charge in [0.2, 0.25) is 11.8 Å². The van der Waals surface area contributed by atoms with Crippen molar-refractivity contribution in [3.8, 4) is 0 Å². The third-order valence-electron chi connectivity index (χ3n) is 5.37. The first kappa shape index (κ1) is 22.3. The van der Waals surface area contributed by atoms with Gasteiger partial charge in [-0.05, 0) is 71.7 Å². The molecule has 0 unspecified atom stereocenters. The lowest BCUT2D eigenvalue weighted by molar-refractivity contribution is -0.136. The fourth-order valence-corrected chi connectivity index (χ4v) is 3.96. The predicted molar refractivity (Wildman–Crippen MR) is 109 cm³/mol. The number of amides is 2. The number of nitrogens with zero attached hydrogens (tertiary/aromatic N) is 2. The molecule has 0 bridgehead atoms. The first-order valence-corrected chi connectivity index (χ1v) is 10.3. The highest BCUT2D eigenvalue weighted by molar-refractivity contribution is 5.80. The van der Waals surface area contributed by atoms with Crippen LogP contribution >= 0.6 is 0 Å². The zero-order chi connectivity index (χ0) is 20.7. The molecule has 1 aliphatic rings. The number of halogens is 1. The number of piperidine rings is 1. The number of hydrogen-bond acceptors (Lipinski definition) is 3. The van der Waals surface area contributed by atoms with Gasteiger partial charge in [0.1, 0.15) is 5.82 Å². The van der Waals surface area contributed by atoms with Gasteiger partial charge in [-0.25, -0.2) is 4.39 Å². The maximum Gasteiger partial charge on any atom is 0.237 e. The van der Waals surface area contributed by atoms with Crippen molar-refractivity contribution in [2.24, 2.45) is 5.92 Å². The average molecular weight is 392 g/mol. The average Bonchev–Trinajstić information content (AvgIpc) is 2.63. The van der Waals surface area contributed by atoms with Gasteiger partial charge in [-0.2, -0.15) is 0 Å². The minimum absolute atomic E-state index is 0.0294. The largest absolute Gasteiger partial charge is 0.356 e.